The van der Waals surface area contributed by atoms with E-state index in [1.165, 1.54) is 31.4 Å². The van der Waals surface area contributed by atoms with Crippen molar-refractivity contribution in [3.63, 3.8) is 0 Å². The number of nitrogens with zero attached hydrogens (tertiary/aromatic N) is 1. The first-order valence-electron chi connectivity index (χ1n) is 14.5. The number of carbonyl (C=O) groups excluding carboxylic acids is 1. The number of phenolic OH excluding ortho intramolecular Hbond substituents is 2. The SMILES string of the molecule is CCCCN1CCCCC1C(=O)Nc1c(C)cccc1C.CNC[C@H](O)c1ccc(O)c(O)c1.Cl.O=C(O)[C@H](O)[C@@H](O)C(=O)O. The molecular formula is C31H48ClN3O10. The van der Waals surface area contributed by atoms with E-state index in [2.05, 4.69) is 48.4 Å². The number of nitrogens with one attached hydrogen (secondary N) is 2. The van der Waals surface area contributed by atoms with Gasteiger partial charge >= 0.3 is 11.9 Å². The van der Waals surface area contributed by atoms with Gasteiger partial charge < -0.3 is 46.4 Å². The lowest BCUT2D eigenvalue weighted by Gasteiger charge is -2.34. The summed E-state index contributed by atoms with van der Waals surface area (Å²) in [5.41, 5.74) is 3.84. The van der Waals surface area contributed by atoms with Crippen LogP contribution in [0.2, 0.25) is 0 Å². The van der Waals surface area contributed by atoms with Crippen LogP contribution in [-0.2, 0) is 14.4 Å². The number of carboxylic acid groups (broad SMARTS) is 2. The fourth-order valence-electron chi connectivity index (χ4n) is 4.46. The molecule has 4 atom stereocenters. The molecule has 1 aliphatic heterocycles. The number of carbonyl (C=O) groups is 3. The van der Waals surface area contributed by atoms with E-state index in [9.17, 15) is 19.5 Å². The monoisotopic (exact) mass is 657 g/mol. The number of piperidine rings is 1. The number of aromatic hydroxyl groups is 2. The summed E-state index contributed by atoms with van der Waals surface area (Å²) in [7, 11) is 1.73. The van der Waals surface area contributed by atoms with E-state index in [1.54, 1.807) is 13.1 Å². The summed E-state index contributed by atoms with van der Waals surface area (Å²) >= 11 is 0. The first kappa shape index (κ1) is 41.5. The third-order valence-electron chi connectivity index (χ3n) is 7.03. The van der Waals surface area contributed by atoms with Crippen LogP contribution in [0.4, 0.5) is 5.69 Å². The van der Waals surface area contributed by atoms with Gasteiger partial charge in [0.2, 0.25) is 5.91 Å². The van der Waals surface area contributed by atoms with Crippen LogP contribution in [0.5, 0.6) is 11.5 Å². The molecular weight excluding hydrogens is 610 g/mol. The Morgan fingerprint density at radius 3 is 2.00 bits per heavy atom. The van der Waals surface area contributed by atoms with E-state index in [-0.39, 0.29) is 35.9 Å². The summed E-state index contributed by atoms with van der Waals surface area (Å²) in [5, 5.41) is 66.1. The molecule has 9 N–H and O–H groups in total. The Hall–Kier alpha value is -3.46. The molecule has 0 bridgehead atoms. The Balaban J connectivity index is 0.000000695. The van der Waals surface area contributed by atoms with Crippen LogP contribution >= 0.6 is 12.4 Å². The van der Waals surface area contributed by atoms with Crippen molar-refractivity contribution < 1.29 is 50.1 Å². The third-order valence-corrected chi connectivity index (χ3v) is 7.03. The van der Waals surface area contributed by atoms with Crippen LogP contribution in [0.25, 0.3) is 0 Å². The van der Waals surface area contributed by atoms with Gasteiger partial charge in [-0.15, -0.1) is 12.4 Å². The molecule has 2 aromatic carbocycles. The number of carboxylic acids is 2. The molecule has 1 unspecified atom stereocenters. The first-order valence-corrected chi connectivity index (χ1v) is 14.5. The summed E-state index contributed by atoms with van der Waals surface area (Å²) in [6, 6.07) is 10.5. The predicted molar refractivity (Wildman–Crippen MR) is 172 cm³/mol. The van der Waals surface area contributed by atoms with Crippen molar-refractivity contribution in [3.8, 4) is 11.5 Å². The Kier molecular flexibility index (Phi) is 19.7. The number of phenols is 2. The summed E-state index contributed by atoms with van der Waals surface area (Å²) in [6.07, 6.45) is 0.520. The van der Waals surface area contributed by atoms with E-state index < -0.39 is 30.3 Å². The van der Waals surface area contributed by atoms with Crippen LogP contribution in [0.15, 0.2) is 36.4 Å². The van der Waals surface area contributed by atoms with Gasteiger partial charge in [0.05, 0.1) is 12.1 Å². The van der Waals surface area contributed by atoms with Crippen molar-refractivity contribution in [3.05, 3.63) is 53.1 Å². The number of anilines is 1. The molecule has 0 spiro atoms. The molecule has 1 fully saturated rings. The number of hydrogen-bond acceptors (Lipinski definition) is 10. The zero-order chi connectivity index (χ0) is 33.4. The average Bonchev–Trinajstić information content (AvgIpc) is 2.99. The smallest absolute Gasteiger partial charge is 0.335 e. The summed E-state index contributed by atoms with van der Waals surface area (Å²) in [4.78, 5) is 34.6. The molecule has 1 heterocycles. The maximum atomic E-state index is 12.7. The zero-order valence-corrected chi connectivity index (χ0v) is 27.0. The number of unbranched alkanes of at least 4 members (excludes halogenated alkanes) is 1. The molecule has 1 saturated heterocycles. The Labute approximate surface area is 269 Å². The summed E-state index contributed by atoms with van der Waals surface area (Å²) in [6.45, 7) is 8.82. The van der Waals surface area contributed by atoms with Gasteiger partial charge in [-0.2, -0.15) is 0 Å². The summed E-state index contributed by atoms with van der Waals surface area (Å²) < 4.78 is 0. The van der Waals surface area contributed by atoms with Crippen LogP contribution in [0.1, 0.15) is 61.8 Å². The number of para-hydroxylation sites is 1. The Bertz CT molecular complexity index is 1180. The molecule has 0 aromatic heterocycles. The lowest BCUT2D eigenvalue weighted by molar-refractivity contribution is -0.165. The van der Waals surface area contributed by atoms with E-state index in [0.29, 0.717) is 12.1 Å². The highest BCUT2D eigenvalue weighted by atomic mass is 35.5. The molecule has 3 rings (SSSR count). The number of rotatable bonds is 11. The molecule has 0 radical (unpaired) electrons. The zero-order valence-electron chi connectivity index (χ0n) is 26.1. The molecule has 0 saturated carbocycles. The summed E-state index contributed by atoms with van der Waals surface area (Å²) in [5.74, 6) is -3.76. The number of likely N-dealkylation sites (N-methyl/N-ethyl adjacent to an activating group) is 1. The predicted octanol–water partition coefficient (Wildman–Crippen LogP) is 2.55. The third kappa shape index (κ3) is 14.0. The van der Waals surface area contributed by atoms with Crippen molar-refractivity contribution in [2.45, 2.75) is 77.2 Å². The number of likely N-dealkylation sites (tertiary alicyclic amines) is 1. The van der Waals surface area contributed by atoms with E-state index >= 15 is 0 Å². The molecule has 2 aromatic rings. The van der Waals surface area contributed by atoms with Crippen molar-refractivity contribution in [1.29, 1.82) is 0 Å². The average molecular weight is 658 g/mol. The highest BCUT2D eigenvalue weighted by Crippen LogP contribution is 2.27. The number of hydrogen-bond donors (Lipinski definition) is 9. The number of benzene rings is 2. The maximum absolute atomic E-state index is 12.7. The molecule has 1 amide bonds. The fraction of sp³-hybridized carbons (Fsp3) is 0.516. The minimum Gasteiger partial charge on any atom is -0.504 e. The largest absolute Gasteiger partial charge is 0.504 e. The Morgan fingerprint density at radius 1 is 0.933 bits per heavy atom. The van der Waals surface area contributed by atoms with Crippen molar-refractivity contribution in [2.24, 2.45) is 0 Å². The van der Waals surface area contributed by atoms with Gasteiger partial charge in [-0.3, -0.25) is 9.69 Å². The second-order valence-electron chi connectivity index (χ2n) is 10.5. The normalized spacial score (nSPS) is 16.3. The lowest BCUT2D eigenvalue weighted by atomic mass is 10.00. The van der Waals surface area contributed by atoms with E-state index in [0.717, 1.165) is 42.7 Å². The minimum absolute atomic E-state index is 0. The molecule has 254 valence electrons. The quantitative estimate of drug-likeness (QED) is 0.159. The van der Waals surface area contributed by atoms with Crippen LogP contribution < -0.4 is 10.6 Å². The second kappa shape index (κ2) is 21.3. The molecule has 13 nitrogen and oxygen atoms in total. The van der Waals surface area contributed by atoms with E-state index in [1.807, 2.05) is 6.07 Å². The standard InChI is InChI=1S/C18H28N2O.C9H13NO3.C4H6O6.ClH/c1-4-5-12-20-13-7-6-11-16(20)18(21)19-17-14(2)9-8-10-15(17)3;1-10-5-9(13)6-2-3-7(11)8(12)4-6;5-1(3(7)8)2(6)4(9)10;/h8-10,16H,4-7,11-13H2,1-3H3,(H,19,21);2-4,9-13H,5H2,1H3;1-2,5-6H,(H,7,8)(H,9,10);1H/t;9-;1-,2-;/m.01./s1. The number of aliphatic hydroxyl groups is 3. The van der Waals surface area contributed by atoms with Crippen molar-refractivity contribution in [2.75, 3.05) is 32.0 Å². The minimum atomic E-state index is -2.27. The fourth-order valence-corrected chi connectivity index (χ4v) is 4.46. The van der Waals surface area contributed by atoms with Crippen LogP contribution in [-0.4, -0.2) is 103 Å². The van der Waals surface area contributed by atoms with Crippen LogP contribution in [0, 0.1) is 13.8 Å². The van der Waals surface area contributed by atoms with Gasteiger partial charge in [-0.05, 0) is 82.1 Å². The number of amides is 1. The number of aryl methyl sites for hydroxylation is 2. The lowest BCUT2D eigenvalue weighted by Crippen LogP contribution is -2.47. The topological polar surface area (TPSA) is 220 Å². The number of aliphatic hydroxyl groups excluding tert-OH is 3. The maximum Gasteiger partial charge on any atom is 0.335 e. The van der Waals surface area contributed by atoms with Crippen LogP contribution in [0.3, 0.4) is 0 Å². The highest BCUT2D eigenvalue weighted by molar-refractivity contribution is 5.96. The first-order chi connectivity index (χ1) is 20.7. The number of aliphatic carboxylic acids is 2. The van der Waals surface area contributed by atoms with Gasteiger partial charge in [-0.1, -0.05) is 44.0 Å². The van der Waals surface area contributed by atoms with Gasteiger partial charge in [0.15, 0.2) is 23.7 Å². The molecule has 14 heteroatoms. The molecule has 45 heavy (non-hydrogen) atoms. The van der Waals surface area contributed by atoms with Crippen molar-refractivity contribution in [1.82, 2.24) is 10.2 Å². The Morgan fingerprint density at radius 2 is 1.51 bits per heavy atom. The number of halogens is 1. The van der Waals surface area contributed by atoms with Crippen molar-refractivity contribution >= 4 is 35.9 Å². The van der Waals surface area contributed by atoms with Gasteiger partial charge in [-0.25, -0.2) is 9.59 Å². The second-order valence-corrected chi connectivity index (χ2v) is 10.5. The molecule has 1 aliphatic rings. The van der Waals surface area contributed by atoms with Gasteiger partial charge in [0.1, 0.15) is 0 Å². The van der Waals surface area contributed by atoms with Gasteiger partial charge in [0, 0.05) is 12.2 Å². The van der Waals surface area contributed by atoms with E-state index in [4.69, 9.17) is 30.6 Å². The molecule has 0 aliphatic carbocycles. The highest BCUT2D eigenvalue weighted by Gasteiger charge is 2.30. The van der Waals surface area contributed by atoms with Gasteiger partial charge in [0.25, 0.3) is 0 Å².